The summed E-state index contributed by atoms with van der Waals surface area (Å²) in [5.74, 6) is -0.605. The summed E-state index contributed by atoms with van der Waals surface area (Å²) in [4.78, 5) is 12.9. The van der Waals surface area contributed by atoms with Crippen LogP contribution in [0, 0.1) is 11.7 Å². The number of nitrogens with zero attached hydrogens (tertiary/aromatic N) is 1. The molecule has 3 nitrogen and oxygen atoms in total. The van der Waals surface area contributed by atoms with Crippen molar-refractivity contribution < 1.29 is 14.3 Å². The van der Waals surface area contributed by atoms with Crippen LogP contribution in [0.1, 0.15) is 31.2 Å². The monoisotopic (exact) mass is 299 g/mol. The number of likely N-dealkylation sites (tertiary alicyclic amines) is 1. The second-order valence-corrected chi connectivity index (χ2v) is 5.82. The Kier molecular flexibility index (Phi) is 5.38. The standard InChI is InChI=1S/C15H19ClFNO2/c16-14-5-4-13(17)8-12(14)10-18-7-1-2-11(9-18)3-6-15(19)20/h4-5,8,11H,1-3,6-7,9-10H2,(H,19,20). The third-order valence-corrected chi connectivity index (χ3v) is 4.14. The van der Waals surface area contributed by atoms with Crippen molar-refractivity contribution in [1.82, 2.24) is 4.90 Å². The van der Waals surface area contributed by atoms with Gasteiger partial charge in [-0.3, -0.25) is 9.69 Å². The number of hydrogen-bond acceptors (Lipinski definition) is 2. The summed E-state index contributed by atoms with van der Waals surface area (Å²) in [5.41, 5.74) is 0.797. The van der Waals surface area contributed by atoms with Gasteiger partial charge in [0, 0.05) is 24.5 Å². The summed E-state index contributed by atoms with van der Waals surface area (Å²) in [7, 11) is 0. The number of hydrogen-bond donors (Lipinski definition) is 1. The molecule has 1 unspecified atom stereocenters. The highest BCUT2D eigenvalue weighted by Crippen LogP contribution is 2.25. The summed E-state index contributed by atoms with van der Waals surface area (Å²) in [6, 6.07) is 4.42. The van der Waals surface area contributed by atoms with Crippen LogP contribution in [0.5, 0.6) is 0 Å². The van der Waals surface area contributed by atoms with E-state index in [1.807, 2.05) is 0 Å². The molecular formula is C15H19ClFNO2. The van der Waals surface area contributed by atoms with Crippen molar-refractivity contribution in [1.29, 1.82) is 0 Å². The average Bonchev–Trinajstić information content (AvgIpc) is 2.41. The van der Waals surface area contributed by atoms with Crippen LogP contribution >= 0.6 is 11.6 Å². The van der Waals surface area contributed by atoms with Crippen molar-refractivity contribution in [3.63, 3.8) is 0 Å². The molecule has 110 valence electrons. The number of halogens is 2. The number of rotatable bonds is 5. The first kappa shape index (κ1) is 15.3. The third-order valence-electron chi connectivity index (χ3n) is 3.77. The molecule has 1 aliphatic rings. The molecule has 1 saturated heterocycles. The van der Waals surface area contributed by atoms with Crippen LogP contribution in [0.2, 0.25) is 5.02 Å². The quantitative estimate of drug-likeness (QED) is 0.904. The lowest BCUT2D eigenvalue weighted by atomic mass is 9.93. The molecule has 0 aromatic heterocycles. The summed E-state index contributed by atoms with van der Waals surface area (Å²) >= 11 is 6.08. The maximum Gasteiger partial charge on any atom is 0.303 e. The summed E-state index contributed by atoms with van der Waals surface area (Å²) < 4.78 is 13.2. The predicted octanol–water partition coefficient (Wildman–Crippen LogP) is 3.56. The maximum atomic E-state index is 13.2. The number of benzene rings is 1. The average molecular weight is 300 g/mol. The molecule has 0 spiro atoms. The van der Waals surface area contributed by atoms with Crippen molar-refractivity contribution in [3.8, 4) is 0 Å². The summed E-state index contributed by atoms with van der Waals surface area (Å²) in [6.07, 6.45) is 3.06. The first-order valence-electron chi connectivity index (χ1n) is 6.92. The fourth-order valence-corrected chi connectivity index (χ4v) is 2.94. The molecule has 5 heteroatoms. The van der Waals surface area contributed by atoms with Gasteiger partial charge in [0.05, 0.1) is 0 Å². The molecule has 2 rings (SSSR count). The summed E-state index contributed by atoms with van der Waals surface area (Å²) in [6.45, 7) is 2.44. The number of aliphatic carboxylic acids is 1. The first-order chi connectivity index (χ1) is 9.54. The van der Waals surface area contributed by atoms with Crippen LogP contribution in [0.3, 0.4) is 0 Å². The molecule has 0 bridgehead atoms. The molecule has 1 N–H and O–H groups in total. The maximum absolute atomic E-state index is 13.2. The fourth-order valence-electron chi connectivity index (χ4n) is 2.76. The van der Waals surface area contributed by atoms with Crippen LogP contribution < -0.4 is 0 Å². The molecule has 20 heavy (non-hydrogen) atoms. The van der Waals surface area contributed by atoms with Gasteiger partial charge in [-0.2, -0.15) is 0 Å². The largest absolute Gasteiger partial charge is 0.481 e. The highest BCUT2D eigenvalue weighted by molar-refractivity contribution is 6.31. The Labute approximate surface area is 123 Å². The third kappa shape index (κ3) is 4.46. The molecule has 0 saturated carbocycles. The highest BCUT2D eigenvalue weighted by atomic mass is 35.5. The Balaban J connectivity index is 1.92. The van der Waals surface area contributed by atoms with Crippen LogP contribution in [-0.4, -0.2) is 29.1 Å². The summed E-state index contributed by atoms with van der Waals surface area (Å²) in [5, 5.41) is 9.32. The van der Waals surface area contributed by atoms with Gasteiger partial charge in [0.15, 0.2) is 0 Å². The molecule has 0 radical (unpaired) electrons. The Bertz CT molecular complexity index is 481. The van der Waals surface area contributed by atoms with Crippen molar-refractivity contribution in [2.45, 2.75) is 32.2 Å². The normalized spacial score (nSPS) is 20.0. The van der Waals surface area contributed by atoms with Gasteiger partial charge in [-0.1, -0.05) is 11.6 Å². The van der Waals surface area contributed by atoms with E-state index in [0.29, 0.717) is 23.9 Å². The minimum atomic E-state index is -0.740. The lowest BCUT2D eigenvalue weighted by Crippen LogP contribution is -2.35. The van der Waals surface area contributed by atoms with Crippen molar-refractivity contribution >= 4 is 17.6 Å². The SMILES string of the molecule is O=C(O)CCC1CCCN(Cc2cc(F)ccc2Cl)C1. The van der Waals surface area contributed by atoms with E-state index in [2.05, 4.69) is 4.90 Å². The van der Waals surface area contributed by atoms with Gasteiger partial charge in [-0.25, -0.2) is 4.39 Å². The Morgan fingerprint density at radius 3 is 3.05 bits per heavy atom. The van der Waals surface area contributed by atoms with Crippen LogP contribution in [0.15, 0.2) is 18.2 Å². The van der Waals surface area contributed by atoms with Gasteiger partial charge in [0.25, 0.3) is 0 Å². The van der Waals surface area contributed by atoms with Gasteiger partial charge in [0.2, 0.25) is 0 Å². The zero-order valence-corrected chi connectivity index (χ0v) is 12.1. The van der Waals surface area contributed by atoms with E-state index in [1.54, 1.807) is 6.07 Å². The lowest BCUT2D eigenvalue weighted by molar-refractivity contribution is -0.137. The van der Waals surface area contributed by atoms with Gasteiger partial charge in [-0.05, 0) is 55.5 Å². The number of carboxylic acid groups (broad SMARTS) is 1. The molecule has 1 fully saturated rings. The molecule has 1 aromatic rings. The fraction of sp³-hybridized carbons (Fsp3) is 0.533. The van der Waals surface area contributed by atoms with Gasteiger partial charge in [-0.15, -0.1) is 0 Å². The van der Waals surface area contributed by atoms with E-state index >= 15 is 0 Å². The highest BCUT2D eigenvalue weighted by Gasteiger charge is 2.21. The lowest BCUT2D eigenvalue weighted by Gasteiger charge is -2.32. The molecule has 1 aromatic carbocycles. The zero-order valence-electron chi connectivity index (χ0n) is 11.3. The molecular weight excluding hydrogens is 281 g/mol. The van der Waals surface area contributed by atoms with Gasteiger partial charge >= 0.3 is 5.97 Å². The first-order valence-corrected chi connectivity index (χ1v) is 7.30. The second kappa shape index (κ2) is 7.04. The van der Waals surface area contributed by atoms with Crippen molar-refractivity contribution in [2.75, 3.05) is 13.1 Å². The van der Waals surface area contributed by atoms with Crippen LogP contribution in [0.4, 0.5) is 4.39 Å². The van der Waals surface area contributed by atoms with E-state index < -0.39 is 5.97 Å². The molecule has 0 amide bonds. The number of piperidine rings is 1. The molecule has 1 atom stereocenters. The van der Waals surface area contributed by atoms with Crippen molar-refractivity contribution in [2.24, 2.45) is 5.92 Å². The minimum absolute atomic E-state index is 0.221. The number of carbonyl (C=O) groups is 1. The molecule has 1 aliphatic heterocycles. The topological polar surface area (TPSA) is 40.5 Å². The van der Waals surface area contributed by atoms with Crippen molar-refractivity contribution in [3.05, 3.63) is 34.6 Å². The van der Waals surface area contributed by atoms with E-state index in [9.17, 15) is 9.18 Å². The van der Waals surface area contributed by atoms with E-state index in [-0.39, 0.29) is 12.2 Å². The Hall–Kier alpha value is -1.13. The Morgan fingerprint density at radius 2 is 2.30 bits per heavy atom. The van der Waals surface area contributed by atoms with Crippen LogP contribution in [-0.2, 0) is 11.3 Å². The van der Waals surface area contributed by atoms with Crippen LogP contribution in [0.25, 0.3) is 0 Å². The second-order valence-electron chi connectivity index (χ2n) is 5.41. The van der Waals surface area contributed by atoms with Gasteiger partial charge < -0.3 is 5.11 Å². The smallest absolute Gasteiger partial charge is 0.303 e. The number of carboxylic acids is 1. The van der Waals surface area contributed by atoms with Gasteiger partial charge in [0.1, 0.15) is 5.82 Å². The molecule has 1 heterocycles. The zero-order chi connectivity index (χ0) is 14.5. The Morgan fingerprint density at radius 1 is 1.50 bits per heavy atom. The minimum Gasteiger partial charge on any atom is -0.481 e. The predicted molar refractivity (Wildman–Crippen MR) is 76.3 cm³/mol. The molecule has 0 aliphatic carbocycles. The van der Waals surface area contributed by atoms with E-state index in [1.165, 1.54) is 12.1 Å². The van der Waals surface area contributed by atoms with E-state index in [0.717, 1.165) is 31.5 Å². The van der Waals surface area contributed by atoms with E-state index in [4.69, 9.17) is 16.7 Å².